The highest BCUT2D eigenvalue weighted by Gasteiger charge is 2.23. The molecule has 0 aliphatic rings. The number of nitrogens with one attached hydrogen (secondary N) is 1. The number of rotatable bonds is 6. The summed E-state index contributed by atoms with van der Waals surface area (Å²) in [5, 5.41) is 8.69. The Balaban J connectivity index is 1.46. The predicted octanol–water partition coefficient (Wildman–Crippen LogP) is 3.50. The van der Waals surface area contributed by atoms with E-state index in [1.165, 1.54) is 10.6 Å². The van der Waals surface area contributed by atoms with Crippen molar-refractivity contribution in [3.8, 4) is 17.1 Å². The molecule has 6 rings (SSSR count). The predicted molar refractivity (Wildman–Crippen MR) is 136 cm³/mol. The Morgan fingerprint density at radius 3 is 2.41 bits per heavy atom. The molecule has 0 aliphatic heterocycles. The van der Waals surface area contributed by atoms with Crippen molar-refractivity contribution >= 4 is 16.9 Å². The topological polar surface area (TPSA) is 99.2 Å². The molecule has 0 radical (unpaired) electrons. The molecular formula is C27H21FN6O3. The fourth-order valence-corrected chi connectivity index (χ4v) is 4.41. The molecule has 3 heterocycles. The standard InChI is InChI=1S/C27H21FN6O3/c1-32-25-22(24(35)29-27(32)36)33(15-19-7-5-6-10-21(19)28)26-31-30-23(34(25)26)18-13-11-17(12-14-18)16-37-20-8-3-2-4-9-20/h2-14H,15-16H2,1H3,(H,29,35,36). The van der Waals surface area contributed by atoms with E-state index >= 15 is 0 Å². The van der Waals surface area contributed by atoms with Crippen molar-refractivity contribution in [2.24, 2.45) is 7.05 Å². The number of nitrogens with zero attached hydrogens (tertiary/aromatic N) is 5. The third-order valence-electron chi connectivity index (χ3n) is 6.29. The van der Waals surface area contributed by atoms with Crippen molar-refractivity contribution in [3.05, 3.63) is 117 Å². The van der Waals surface area contributed by atoms with Crippen LogP contribution in [0.15, 0.2) is 88.5 Å². The third kappa shape index (κ3) is 3.88. The van der Waals surface area contributed by atoms with E-state index in [1.807, 2.05) is 54.6 Å². The molecule has 3 aromatic carbocycles. The van der Waals surface area contributed by atoms with Gasteiger partial charge in [0.05, 0.1) is 6.54 Å². The summed E-state index contributed by atoms with van der Waals surface area (Å²) in [6, 6.07) is 23.5. The molecule has 0 saturated carbocycles. The molecule has 3 aromatic heterocycles. The molecular weight excluding hydrogens is 475 g/mol. The molecule has 9 nitrogen and oxygen atoms in total. The number of benzene rings is 3. The maximum atomic E-state index is 14.5. The molecule has 0 fully saturated rings. The summed E-state index contributed by atoms with van der Waals surface area (Å²) in [6.45, 7) is 0.431. The minimum absolute atomic E-state index is 0.0366. The fraction of sp³-hybridized carbons (Fsp3) is 0.111. The van der Waals surface area contributed by atoms with Gasteiger partial charge in [0.2, 0.25) is 5.78 Å². The molecule has 0 spiro atoms. The van der Waals surface area contributed by atoms with Gasteiger partial charge in [-0.3, -0.25) is 18.9 Å². The number of aromatic amines is 1. The van der Waals surface area contributed by atoms with Crippen molar-refractivity contribution in [3.63, 3.8) is 0 Å². The second-order valence-electron chi connectivity index (χ2n) is 8.63. The number of fused-ring (bicyclic) bond motifs is 3. The normalized spacial score (nSPS) is 11.4. The van der Waals surface area contributed by atoms with Gasteiger partial charge in [-0.2, -0.15) is 0 Å². The van der Waals surface area contributed by atoms with Gasteiger partial charge in [0.25, 0.3) is 5.56 Å². The Morgan fingerprint density at radius 1 is 0.919 bits per heavy atom. The van der Waals surface area contributed by atoms with Crippen molar-refractivity contribution in [1.82, 2.24) is 28.7 Å². The van der Waals surface area contributed by atoms with Gasteiger partial charge >= 0.3 is 5.69 Å². The van der Waals surface area contributed by atoms with Gasteiger partial charge in [-0.15, -0.1) is 10.2 Å². The first-order chi connectivity index (χ1) is 18.0. The monoisotopic (exact) mass is 496 g/mol. The Hall–Kier alpha value is -4.99. The van der Waals surface area contributed by atoms with Crippen molar-refractivity contribution < 1.29 is 9.13 Å². The quantitative estimate of drug-likeness (QED) is 0.381. The van der Waals surface area contributed by atoms with Crippen LogP contribution in [0.25, 0.3) is 28.3 Å². The van der Waals surface area contributed by atoms with Crippen molar-refractivity contribution in [2.75, 3.05) is 0 Å². The zero-order chi connectivity index (χ0) is 25.5. The maximum absolute atomic E-state index is 14.5. The summed E-state index contributed by atoms with van der Waals surface area (Å²) in [5.74, 6) is 1.14. The number of ether oxygens (including phenoxy) is 1. The zero-order valence-electron chi connectivity index (χ0n) is 19.8. The first-order valence-electron chi connectivity index (χ1n) is 11.6. The summed E-state index contributed by atoms with van der Waals surface area (Å²) in [5.41, 5.74) is 1.42. The molecule has 0 bridgehead atoms. The molecule has 0 saturated heterocycles. The Labute approximate surface area is 209 Å². The van der Waals surface area contributed by atoms with Crippen LogP contribution in [0.4, 0.5) is 4.39 Å². The van der Waals surface area contributed by atoms with Crippen LogP contribution in [0, 0.1) is 5.82 Å². The SMILES string of the molecule is Cn1c(=O)[nH]c(=O)c2c1n1c(-c3ccc(COc4ccccc4)cc3)nnc1n2Cc1ccccc1F. The molecule has 0 aliphatic carbocycles. The number of hydrogen-bond acceptors (Lipinski definition) is 5. The Kier molecular flexibility index (Phi) is 5.41. The smallest absolute Gasteiger partial charge is 0.329 e. The summed E-state index contributed by atoms with van der Waals surface area (Å²) in [4.78, 5) is 27.8. The minimum Gasteiger partial charge on any atom is -0.489 e. The van der Waals surface area contributed by atoms with Gasteiger partial charge in [0.1, 0.15) is 18.2 Å². The lowest BCUT2D eigenvalue weighted by Gasteiger charge is -2.07. The fourth-order valence-electron chi connectivity index (χ4n) is 4.41. The molecule has 0 unspecified atom stereocenters. The highest BCUT2D eigenvalue weighted by Crippen LogP contribution is 2.26. The molecule has 0 atom stereocenters. The lowest BCUT2D eigenvalue weighted by molar-refractivity contribution is 0.306. The highest BCUT2D eigenvalue weighted by molar-refractivity contribution is 5.79. The van der Waals surface area contributed by atoms with Crippen molar-refractivity contribution in [1.29, 1.82) is 0 Å². The van der Waals surface area contributed by atoms with E-state index in [0.29, 0.717) is 29.4 Å². The van der Waals surface area contributed by atoms with Crippen LogP contribution in [0.3, 0.4) is 0 Å². The van der Waals surface area contributed by atoms with E-state index in [9.17, 15) is 14.0 Å². The lowest BCUT2D eigenvalue weighted by Crippen LogP contribution is -2.29. The molecule has 6 aromatic rings. The van der Waals surface area contributed by atoms with E-state index in [-0.39, 0.29) is 12.1 Å². The number of imidazole rings is 1. The van der Waals surface area contributed by atoms with Gasteiger partial charge in [0.15, 0.2) is 17.0 Å². The average Bonchev–Trinajstić information content (AvgIpc) is 3.48. The second-order valence-corrected chi connectivity index (χ2v) is 8.63. The average molecular weight is 497 g/mol. The summed E-state index contributed by atoms with van der Waals surface area (Å²) < 4.78 is 24.9. The van der Waals surface area contributed by atoms with Crippen LogP contribution >= 0.6 is 0 Å². The molecule has 1 N–H and O–H groups in total. The van der Waals surface area contributed by atoms with Gasteiger partial charge in [-0.1, -0.05) is 60.7 Å². The summed E-state index contributed by atoms with van der Waals surface area (Å²) in [7, 11) is 1.56. The molecule has 0 amide bonds. The van der Waals surface area contributed by atoms with E-state index in [2.05, 4.69) is 15.2 Å². The largest absolute Gasteiger partial charge is 0.489 e. The number of aromatic nitrogens is 6. The van der Waals surface area contributed by atoms with Gasteiger partial charge in [-0.05, 0) is 23.8 Å². The van der Waals surface area contributed by atoms with Crippen LogP contribution in [0.2, 0.25) is 0 Å². The van der Waals surface area contributed by atoms with Crippen LogP contribution in [0.1, 0.15) is 11.1 Å². The van der Waals surface area contributed by atoms with Crippen LogP contribution < -0.4 is 16.0 Å². The molecule has 10 heteroatoms. The van der Waals surface area contributed by atoms with E-state index in [1.54, 1.807) is 34.2 Å². The van der Waals surface area contributed by atoms with Gasteiger partial charge < -0.3 is 4.74 Å². The minimum atomic E-state index is -0.584. The summed E-state index contributed by atoms with van der Waals surface area (Å²) >= 11 is 0. The zero-order valence-corrected chi connectivity index (χ0v) is 19.8. The highest BCUT2D eigenvalue weighted by atomic mass is 19.1. The van der Waals surface area contributed by atoms with E-state index in [0.717, 1.165) is 16.9 Å². The van der Waals surface area contributed by atoms with E-state index in [4.69, 9.17) is 4.74 Å². The first-order valence-corrected chi connectivity index (χ1v) is 11.6. The Morgan fingerprint density at radius 2 is 1.65 bits per heavy atom. The summed E-state index contributed by atoms with van der Waals surface area (Å²) in [6.07, 6.45) is 0. The number of para-hydroxylation sites is 1. The number of aryl methyl sites for hydroxylation is 1. The lowest BCUT2D eigenvalue weighted by atomic mass is 10.1. The van der Waals surface area contributed by atoms with Crippen molar-refractivity contribution in [2.45, 2.75) is 13.2 Å². The number of halogens is 1. The second kappa shape index (κ2) is 8.90. The maximum Gasteiger partial charge on any atom is 0.329 e. The number of H-pyrrole nitrogens is 1. The van der Waals surface area contributed by atoms with Gasteiger partial charge in [-0.25, -0.2) is 13.6 Å². The van der Waals surface area contributed by atoms with E-state index < -0.39 is 17.1 Å². The molecule has 184 valence electrons. The van der Waals surface area contributed by atoms with Gasteiger partial charge in [0, 0.05) is 18.2 Å². The Bertz CT molecular complexity index is 1870. The molecule has 37 heavy (non-hydrogen) atoms. The van der Waals surface area contributed by atoms with Crippen LogP contribution in [-0.4, -0.2) is 28.7 Å². The number of hydrogen-bond donors (Lipinski definition) is 1. The van der Waals surface area contributed by atoms with Crippen LogP contribution in [0.5, 0.6) is 5.75 Å². The third-order valence-corrected chi connectivity index (χ3v) is 6.29. The first kappa shape index (κ1) is 22.5. The van der Waals surface area contributed by atoms with Crippen LogP contribution in [-0.2, 0) is 20.2 Å².